The van der Waals surface area contributed by atoms with Crippen LogP contribution in [0.4, 0.5) is 16.2 Å². The summed E-state index contributed by atoms with van der Waals surface area (Å²) in [6.45, 7) is 0.305. The molecule has 0 heterocycles. The third-order valence-corrected chi connectivity index (χ3v) is 3.93. The van der Waals surface area contributed by atoms with Gasteiger partial charge in [-0.15, -0.1) is 0 Å². The molecule has 1 unspecified atom stereocenters. The van der Waals surface area contributed by atoms with Crippen molar-refractivity contribution in [2.24, 2.45) is 0 Å². The zero-order chi connectivity index (χ0) is 19.1. The highest BCUT2D eigenvalue weighted by Gasteiger charge is 2.20. The molecule has 26 heavy (non-hydrogen) atoms. The number of amides is 2. The Kier molecular flexibility index (Phi) is 6.51. The summed E-state index contributed by atoms with van der Waals surface area (Å²) < 4.78 is 5.39. The molecule has 2 aromatic carbocycles. The lowest BCUT2D eigenvalue weighted by Gasteiger charge is -2.26. The second kappa shape index (κ2) is 8.82. The van der Waals surface area contributed by atoms with Gasteiger partial charge in [0.05, 0.1) is 18.1 Å². The number of carbonyl (C=O) groups is 1. The maximum Gasteiger partial charge on any atom is 0.319 e. The van der Waals surface area contributed by atoms with E-state index in [1.165, 1.54) is 12.1 Å². The summed E-state index contributed by atoms with van der Waals surface area (Å²) in [4.78, 5) is 24.7. The Bertz CT molecular complexity index is 779. The van der Waals surface area contributed by atoms with Crippen molar-refractivity contribution in [3.8, 4) is 5.75 Å². The number of nitrogens with one attached hydrogen (secondary N) is 2. The number of nitro benzene ring substituents is 1. The maximum atomic E-state index is 12.2. The number of urea groups is 1. The topological polar surface area (TPSA) is 96.7 Å². The van der Waals surface area contributed by atoms with E-state index in [2.05, 4.69) is 10.6 Å². The van der Waals surface area contributed by atoms with Gasteiger partial charge in [-0.2, -0.15) is 0 Å². The van der Waals surface area contributed by atoms with Gasteiger partial charge < -0.3 is 20.3 Å². The number of nitro groups is 1. The molecule has 0 aromatic heterocycles. The predicted octanol–water partition coefficient (Wildman–Crippen LogP) is 3.03. The van der Waals surface area contributed by atoms with E-state index in [1.807, 2.05) is 43.3 Å². The van der Waals surface area contributed by atoms with E-state index < -0.39 is 11.0 Å². The number of anilines is 1. The van der Waals surface area contributed by atoms with Crippen molar-refractivity contribution in [2.45, 2.75) is 6.04 Å². The Morgan fingerprint density at radius 3 is 2.50 bits per heavy atom. The van der Waals surface area contributed by atoms with Crippen LogP contribution < -0.4 is 15.4 Å². The van der Waals surface area contributed by atoms with E-state index in [9.17, 15) is 14.9 Å². The first-order chi connectivity index (χ1) is 12.4. The SMILES string of the molecule is COc1ccccc1C(CNC(=O)Nc1ccccc1[N+](=O)[O-])N(C)C. The lowest BCUT2D eigenvalue weighted by atomic mass is 10.0. The molecular weight excluding hydrogens is 336 g/mol. The number of methoxy groups -OCH3 is 1. The molecule has 0 saturated carbocycles. The van der Waals surface area contributed by atoms with Crippen LogP contribution in [0, 0.1) is 10.1 Å². The first-order valence-corrected chi connectivity index (χ1v) is 8.01. The van der Waals surface area contributed by atoms with Crippen LogP contribution in [-0.4, -0.2) is 43.6 Å². The van der Waals surface area contributed by atoms with Gasteiger partial charge in [0.25, 0.3) is 5.69 Å². The van der Waals surface area contributed by atoms with Gasteiger partial charge >= 0.3 is 6.03 Å². The van der Waals surface area contributed by atoms with Gasteiger partial charge in [-0.1, -0.05) is 30.3 Å². The average Bonchev–Trinajstić information content (AvgIpc) is 2.62. The average molecular weight is 358 g/mol. The highest BCUT2D eigenvalue weighted by Crippen LogP contribution is 2.27. The summed E-state index contributed by atoms with van der Waals surface area (Å²) in [6.07, 6.45) is 0. The molecule has 0 aliphatic rings. The number of carbonyl (C=O) groups excluding carboxylic acids is 1. The lowest BCUT2D eigenvalue weighted by Crippen LogP contribution is -2.37. The zero-order valence-corrected chi connectivity index (χ0v) is 14.9. The maximum absolute atomic E-state index is 12.2. The van der Waals surface area contributed by atoms with Crippen molar-refractivity contribution < 1.29 is 14.5 Å². The summed E-state index contributed by atoms with van der Waals surface area (Å²) >= 11 is 0. The van der Waals surface area contributed by atoms with Gasteiger partial charge in [-0.05, 0) is 26.2 Å². The van der Waals surface area contributed by atoms with Crippen molar-refractivity contribution in [1.82, 2.24) is 10.2 Å². The third-order valence-electron chi connectivity index (χ3n) is 3.93. The highest BCUT2D eigenvalue weighted by atomic mass is 16.6. The second-order valence-corrected chi connectivity index (χ2v) is 5.83. The quantitative estimate of drug-likeness (QED) is 0.586. The second-order valence-electron chi connectivity index (χ2n) is 5.83. The Morgan fingerprint density at radius 2 is 1.85 bits per heavy atom. The Morgan fingerprint density at radius 1 is 1.19 bits per heavy atom. The monoisotopic (exact) mass is 358 g/mol. The molecule has 0 fully saturated rings. The summed E-state index contributed by atoms with van der Waals surface area (Å²) in [7, 11) is 5.40. The smallest absolute Gasteiger partial charge is 0.319 e. The van der Waals surface area contributed by atoms with Gasteiger partial charge in [0, 0.05) is 18.2 Å². The van der Waals surface area contributed by atoms with E-state index in [-0.39, 0.29) is 17.4 Å². The number of benzene rings is 2. The largest absolute Gasteiger partial charge is 0.496 e. The number of hydrogen-bond donors (Lipinski definition) is 2. The van der Waals surface area contributed by atoms with Gasteiger partial charge in [-0.3, -0.25) is 10.1 Å². The standard InChI is InChI=1S/C18H22N4O4/c1-21(2)16(13-8-4-7-11-17(13)26-3)12-19-18(23)20-14-9-5-6-10-15(14)22(24)25/h4-11,16H,12H2,1-3H3,(H2,19,20,23). The number of ether oxygens (including phenoxy) is 1. The Balaban J connectivity index is 2.08. The first kappa shape index (κ1) is 19.2. The minimum Gasteiger partial charge on any atom is -0.496 e. The minimum atomic E-state index is -0.535. The molecular formula is C18H22N4O4. The van der Waals surface area contributed by atoms with Gasteiger partial charge in [-0.25, -0.2) is 4.79 Å². The van der Waals surface area contributed by atoms with Crippen LogP contribution in [0.2, 0.25) is 0 Å². The minimum absolute atomic E-state index is 0.123. The van der Waals surface area contributed by atoms with Crippen LogP contribution in [-0.2, 0) is 0 Å². The van der Waals surface area contributed by atoms with E-state index >= 15 is 0 Å². The summed E-state index contributed by atoms with van der Waals surface area (Å²) in [5.41, 5.74) is 0.927. The van der Waals surface area contributed by atoms with Crippen LogP contribution in [0.3, 0.4) is 0 Å². The molecule has 2 amide bonds. The fraction of sp³-hybridized carbons (Fsp3) is 0.278. The van der Waals surface area contributed by atoms with Crippen molar-refractivity contribution in [3.63, 3.8) is 0 Å². The molecule has 2 N–H and O–H groups in total. The van der Waals surface area contributed by atoms with Crippen molar-refractivity contribution in [1.29, 1.82) is 0 Å². The normalized spacial score (nSPS) is 11.7. The van der Waals surface area contributed by atoms with E-state index in [1.54, 1.807) is 19.2 Å². The number of hydrogen-bond acceptors (Lipinski definition) is 5. The van der Waals surface area contributed by atoms with E-state index in [0.717, 1.165) is 11.3 Å². The molecule has 0 spiro atoms. The number of para-hydroxylation sites is 3. The first-order valence-electron chi connectivity index (χ1n) is 8.01. The number of nitrogens with zero attached hydrogens (tertiary/aromatic N) is 2. The predicted molar refractivity (Wildman–Crippen MR) is 99.5 cm³/mol. The van der Waals surface area contributed by atoms with Crippen LogP contribution in [0.15, 0.2) is 48.5 Å². The zero-order valence-electron chi connectivity index (χ0n) is 14.9. The van der Waals surface area contributed by atoms with Crippen LogP contribution >= 0.6 is 0 Å². The van der Waals surface area contributed by atoms with Crippen LogP contribution in [0.5, 0.6) is 5.75 Å². The van der Waals surface area contributed by atoms with Gasteiger partial charge in [0.15, 0.2) is 0 Å². The fourth-order valence-electron chi connectivity index (χ4n) is 2.61. The van der Waals surface area contributed by atoms with Gasteiger partial charge in [0.1, 0.15) is 11.4 Å². The molecule has 0 saturated heterocycles. The Hall–Kier alpha value is -3.13. The van der Waals surface area contributed by atoms with Crippen LogP contribution in [0.1, 0.15) is 11.6 Å². The molecule has 0 radical (unpaired) electrons. The highest BCUT2D eigenvalue weighted by molar-refractivity contribution is 5.91. The molecule has 2 aromatic rings. The third kappa shape index (κ3) is 4.70. The molecule has 8 nitrogen and oxygen atoms in total. The lowest BCUT2D eigenvalue weighted by molar-refractivity contribution is -0.383. The molecule has 0 bridgehead atoms. The van der Waals surface area contributed by atoms with Crippen molar-refractivity contribution in [3.05, 3.63) is 64.2 Å². The summed E-state index contributed by atoms with van der Waals surface area (Å²) in [6, 6.07) is 12.9. The molecule has 2 rings (SSSR count). The number of rotatable bonds is 7. The van der Waals surface area contributed by atoms with E-state index in [4.69, 9.17) is 4.74 Å². The summed E-state index contributed by atoms with van der Waals surface area (Å²) in [5.74, 6) is 0.729. The Labute approximate surface area is 151 Å². The molecule has 138 valence electrons. The summed E-state index contributed by atoms with van der Waals surface area (Å²) in [5, 5.41) is 16.3. The van der Waals surface area contributed by atoms with Crippen molar-refractivity contribution >= 4 is 17.4 Å². The molecule has 8 heteroatoms. The van der Waals surface area contributed by atoms with E-state index in [0.29, 0.717) is 6.54 Å². The van der Waals surface area contributed by atoms with Gasteiger partial charge in [0.2, 0.25) is 0 Å². The van der Waals surface area contributed by atoms with Crippen molar-refractivity contribution in [2.75, 3.05) is 33.1 Å². The molecule has 0 aliphatic heterocycles. The van der Waals surface area contributed by atoms with Crippen LogP contribution in [0.25, 0.3) is 0 Å². The molecule has 1 atom stereocenters. The molecule has 0 aliphatic carbocycles. The fourth-order valence-corrected chi connectivity index (χ4v) is 2.61. The number of likely N-dealkylation sites (N-methyl/N-ethyl adjacent to an activating group) is 1.